The van der Waals surface area contributed by atoms with Gasteiger partial charge in [-0.3, -0.25) is 4.79 Å². The molecule has 4 heteroatoms. The maximum Gasteiger partial charge on any atom is 0.326 e. The molecule has 1 heterocycles. The fourth-order valence-electron chi connectivity index (χ4n) is 4.64. The van der Waals surface area contributed by atoms with Crippen molar-refractivity contribution >= 4 is 11.9 Å². The molecule has 0 bridgehead atoms. The summed E-state index contributed by atoms with van der Waals surface area (Å²) in [7, 11) is 0. The van der Waals surface area contributed by atoms with Gasteiger partial charge >= 0.3 is 5.97 Å². The van der Waals surface area contributed by atoms with Crippen molar-refractivity contribution in [2.75, 3.05) is 6.54 Å². The Kier molecular flexibility index (Phi) is 3.03. The van der Waals surface area contributed by atoms with E-state index in [1.54, 1.807) is 4.90 Å². The predicted octanol–water partition coefficient (Wildman–Crippen LogP) is 2.36. The van der Waals surface area contributed by atoms with Crippen LogP contribution < -0.4 is 0 Å². The highest BCUT2D eigenvalue weighted by Crippen LogP contribution is 2.61. The molecule has 2 unspecified atom stereocenters. The van der Waals surface area contributed by atoms with Crippen LogP contribution >= 0.6 is 0 Å². The first-order valence-corrected chi connectivity index (χ1v) is 8.25. The van der Waals surface area contributed by atoms with Gasteiger partial charge in [0.25, 0.3) is 0 Å². The zero-order chi connectivity index (χ0) is 15.3. The van der Waals surface area contributed by atoms with Crippen molar-refractivity contribution in [1.29, 1.82) is 0 Å². The number of amides is 1. The van der Waals surface area contributed by atoms with Gasteiger partial charge in [0.2, 0.25) is 5.91 Å². The summed E-state index contributed by atoms with van der Waals surface area (Å²) in [5.41, 5.74) is 2.71. The number of hydrogen-bond donors (Lipinski definition) is 1. The molecule has 0 radical (unpaired) electrons. The number of aryl methyl sites for hydroxylation is 1. The maximum absolute atomic E-state index is 12.9. The predicted molar refractivity (Wildman–Crippen MR) is 81.5 cm³/mol. The number of carbonyl (C=O) groups is 2. The van der Waals surface area contributed by atoms with Crippen LogP contribution in [0.4, 0.5) is 0 Å². The van der Waals surface area contributed by atoms with Crippen molar-refractivity contribution < 1.29 is 14.7 Å². The molecule has 22 heavy (non-hydrogen) atoms. The Balaban J connectivity index is 1.60. The van der Waals surface area contributed by atoms with Gasteiger partial charge in [-0.2, -0.15) is 0 Å². The number of likely N-dealkylation sites (tertiary alicyclic amines) is 1. The van der Waals surface area contributed by atoms with E-state index in [9.17, 15) is 14.7 Å². The van der Waals surface area contributed by atoms with Gasteiger partial charge in [0, 0.05) is 17.9 Å². The summed E-state index contributed by atoms with van der Waals surface area (Å²) >= 11 is 0. The lowest BCUT2D eigenvalue weighted by Gasteiger charge is -2.28. The van der Waals surface area contributed by atoms with Crippen LogP contribution in [0.3, 0.4) is 0 Å². The minimum Gasteiger partial charge on any atom is -0.480 e. The molecule has 3 aliphatic rings. The molecular formula is C18H21NO3. The molecule has 116 valence electrons. The smallest absolute Gasteiger partial charge is 0.326 e. The highest BCUT2D eigenvalue weighted by molar-refractivity contribution is 5.89. The summed E-state index contributed by atoms with van der Waals surface area (Å²) in [4.78, 5) is 25.8. The second-order valence-corrected chi connectivity index (χ2v) is 6.95. The zero-order valence-corrected chi connectivity index (χ0v) is 12.6. The summed E-state index contributed by atoms with van der Waals surface area (Å²) in [6.07, 6.45) is 5.58. The molecule has 4 rings (SSSR count). The molecule has 1 aliphatic heterocycles. The third kappa shape index (κ3) is 1.89. The number of nitrogens with zero attached hydrogens (tertiary/aromatic N) is 1. The van der Waals surface area contributed by atoms with Crippen LogP contribution in [0.2, 0.25) is 0 Å². The Morgan fingerprint density at radius 3 is 2.86 bits per heavy atom. The number of hydrogen-bond acceptors (Lipinski definition) is 2. The average Bonchev–Trinajstić information content (AvgIpc) is 3.01. The first kappa shape index (κ1) is 13.8. The third-order valence-electron chi connectivity index (χ3n) is 5.82. The molecule has 4 nitrogen and oxygen atoms in total. The lowest BCUT2D eigenvalue weighted by molar-refractivity contribution is -0.148. The molecule has 1 saturated heterocycles. The minimum atomic E-state index is -0.857. The van der Waals surface area contributed by atoms with E-state index < -0.39 is 12.0 Å². The normalized spacial score (nSPS) is 32.8. The van der Waals surface area contributed by atoms with Crippen molar-refractivity contribution in [3.8, 4) is 0 Å². The van der Waals surface area contributed by atoms with Crippen molar-refractivity contribution in [2.45, 2.75) is 50.0 Å². The van der Waals surface area contributed by atoms with Crippen LogP contribution in [0.1, 0.15) is 43.2 Å². The number of carboxylic acid groups (broad SMARTS) is 1. The number of carboxylic acids is 1. The summed E-state index contributed by atoms with van der Waals surface area (Å²) in [5, 5.41) is 9.30. The van der Waals surface area contributed by atoms with Gasteiger partial charge in [-0.1, -0.05) is 24.3 Å². The molecule has 3 atom stereocenters. The molecule has 1 saturated carbocycles. The SMILES string of the molecule is O=C(O)[C@@H]1CCCN1C(=O)C1CC12CCCc1ccccc12. The largest absolute Gasteiger partial charge is 0.480 e. The molecule has 1 amide bonds. The number of rotatable bonds is 2. The van der Waals surface area contributed by atoms with E-state index in [1.807, 2.05) is 0 Å². The monoisotopic (exact) mass is 299 g/mol. The van der Waals surface area contributed by atoms with Gasteiger partial charge in [-0.15, -0.1) is 0 Å². The Bertz CT molecular complexity index is 641. The van der Waals surface area contributed by atoms with Crippen LogP contribution in [0.25, 0.3) is 0 Å². The highest BCUT2D eigenvalue weighted by Gasteiger charge is 2.61. The molecule has 1 aromatic rings. The highest BCUT2D eigenvalue weighted by atomic mass is 16.4. The number of fused-ring (bicyclic) bond motifs is 2. The van der Waals surface area contributed by atoms with E-state index >= 15 is 0 Å². The fraction of sp³-hybridized carbons (Fsp3) is 0.556. The summed E-state index contributed by atoms with van der Waals surface area (Å²) in [6, 6.07) is 7.86. The quantitative estimate of drug-likeness (QED) is 0.912. The van der Waals surface area contributed by atoms with Gasteiger partial charge in [0.05, 0.1) is 0 Å². The van der Waals surface area contributed by atoms with Gasteiger partial charge < -0.3 is 10.0 Å². The molecule has 2 aliphatic carbocycles. The van der Waals surface area contributed by atoms with E-state index in [0.717, 1.165) is 32.1 Å². The second kappa shape index (κ2) is 4.83. The van der Waals surface area contributed by atoms with E-state index in [1.165, 1.54) is 11.1 Å². The van der Waals surface area contributed by atoms with Crippen molar-refractivity contribution in [1.82, 2.24) is 4.90 Å². The molecule has 1 aromatic carbocycles. The number of carbonyl (C=O) groups excluding carboxylic acids is 1. The number of benzene rings is 1. The molecule has 1 N–H and O–H groups in total. The topological polar surface area (TPSA) is 57.6 Å². The van der Waals surface area contributed by atoms with Crippen LogP contribution in [0.5, 0.6) is 0 Å². The van der Waals surface area contributed by atoms with Crippen LogP contribution in [0, 0.1) is 5.92 Å². The zero-order valence-electron chi connectivity index (χ0n) is 12.6. The van der Waals surface area contributed by atoms with Gasteiger partial charge in [-0.25, -0.2) is 4.79 Å². The Morgan fingerprint density at radius 2 is 2.05 bits per heavy atom. The third-order valence-corrected chi connectivity index (χ3v) is 5.82. The second-order valence-electron chi connectivity index (χ2n) is 6.95. The van der Waals surface area contributed by atoms with E-state index in [2.05, 4.69) is 24.3 Å². The molecule has 2 fully saturated rings. The lowest BCUT2D eigenvalue weighted by atomic mass is 9.78. The molecule has 0 aromatic heterocycles. The van der Waals surface area contributed by atoms with Crippen molar-refractivity contribution in [3.63, 3.8) is 0 Å². The van der Waals surface area contributed by atoms with Crippen LogP contribution in [-0.4, -0.2) is 34.5 Å². The summed E-state index contributed by atoms with van der Waals surface area (Å²) in [5.74, 6) is -0.792. The average molecular weight is 299 g/mol. The van der Waals surface area contributed by atoms with Crippen molar-refractivity contribution in [3.05, 3.63) is 35.4 Å². The fourth-order valence-corrected chi connectivity index (χ4v) is 4.64. The standard InChI is InChI=1S/C18H21NO3/c20-16(19-10-4-8-15(19)17(21)22)14-11-18(14)9-3-6-12-5-1-2-7-13(12)18/h1-2,5,7,14-15H,3-4,6,8-11H2,(H,21,22)/t14?,15-,18?/m0/s1. The first-order valence-electron chi connectivity index (χ1n) is 8.25. The van der Waals surface area contributed by atoms with Gasteiger partial charge in [-0.05, 0) is 49.7 Å². The Morgan fingerprint density at radius 1 is 1.23 bits per heavy atom. The molecule has 1 spiro atoms. The van der Waals surface area contributed by atoms with Crippen LogP contribution in [0.15, 0.2) is 24.3 Å². The van der Waals surface area contributed by atoms with Gasteiger partial charge in [0.1, 0.15) is 6.04 Å². The Hall–Kier alpha value is -1.84. The van der Waals surface area contributed by atoms with Crippen molar-refractivity contribution in [2.24, 2.45) is 5.92 Å². The maximum atomic E-state index is 12.9. The Labute approximate surface area is 130 Å². The van der Waals surface area contributed by atoms with E-state index in [4.69, 9.17) is 0 Å². The summed E-state index contributed by atoms with van der Waals surface area (Å²) in [6.45, 7) is 0.601. The molecular weight excluding hydrogens is 278 g/mol. The first-order chi connectivity index (χ1) is 10.6. The van der Waals surface area contributed by atoms with Crippen LogP contribution in [-0.2, 0) is 21.4 Å². The van der Waals surface area contributed by atoms with E-state index in [0.29, 0.717) is 13.0 Å². The minimum absolute atomic E-state index is 0.00241. The lowest BCUT2D eigenvalue weighted by Crippen LogP contribution is -2.42. The van der Waals surface area contributed by atoms with Gasteiger partial charge in [0.15, 0.2) is 0 Å². The van der Waals surface area contributed by atoms with E-state index in [-0.39, 0.29) is 17.2 Å². The summed E-state index contributed by atoms with van der Waals surface area (Å²) < 4.78 is 0. The number of aliphatic carboxylic acids is 1.